The molecule has 0 saturated carbocycles. The van der Waals surface area contributed by atoms with Crippen LogP contribution in [0.25, 0.3) is 11.2 Å². The average Bonchev–Trinajstić information content (AvgIpc) is 2.80. The van der Waals surface area contributed by atoms with Crippen molar-refractivity contribution >= 4 is 11.2 Å². The van der Waals surface area contributed by atoms with E-state index in [1.807, 2.05) is 51.1 Å². The molecule has 2 heterocycles. The van der Waals surface area contributed by atoms with Gasteiger partial charge in [-0.05, 0) is 44.0 Å². The molecule has 0 radical (unpaired) electrons. The topological polar surface area (TPSA) is 48.2 Å². The first kappa shape index (κ1) is 12.7. The zero-order valence-corrected chi connectivity index (χ0v) is 11.8. The van der Waals surface area contributed by atoms with Crippen molar-refractivity contribution in [3.63, 3.8) is 0 Å². The predicted molar refractivity (Wildman–Crippen MR) is 76.8 cm³/mol. The number of aryl methyl sites for hydroxylation is 3. The highest BCUT2D eigenvalue weighted by Gasteiger charge is 2.09. The van der Waals surface area contributed by atoms with Gasteiger partial charge >= 0.3 is 0 Å². The minimum atomic E-state index is 0.307. The lowest BCUT2D eigenvalue weighted by Gasteiger charge is -2.09. The molecule has 4 heteroatoms. The van der Waals surface area contributed by atoms with E-state index in [0.717, 1.165) is 28.1 Å². The van der Waals surface area contributed by atoms with Gasteiger partial charge in [-0.2, -0.15) is 0 Å². The maximum atomic E-state index is 5.83. The lowest BCUT2D eigenvalue weighted by Crippen LogP contribution is -1.98. The van der Waals surface area contributed by atoms with Gasteiger partial charge in [0, 0.05) is 5.69 Å². The molecule has 0 amide bonds. The van der Waals surface area contributed by atoms with Crippen LogP contribution in [0, 0.1) is 20.8 Å². The summed E-state index contributed by atoms with van der Waals surface area (Å²) in [7, 11) is 0. The highest BCUT2D eigenvalue weighted by molar-refractivity contribution is 5.67. The number of oxazole rings is 1. The fraction of sp³-hybridized carbons (Fsp3) is 0.250. The van der Waals surface area contributed by atoms with Gasteiger partial charge in [0.2, 0.25) is 11.6 Å². The van der Waals surface area contributed by atoms with E-state index in [4.69, 9.17) is 9.15 Å². The Bertz CT molecular complexity index is 742. The summed E-state index contributed by atoms with van der Waals surface area (Å²) in [5.74, 6) is 1.43. The quantitative estimate of drug-likeness (QED) is 0.726. The maximum absolute atomic E-state index is 5.83. The van der Waals surface area contributed by atoms with E-state index in [0.29, 0.717) is 18.2 Å². The van der Waals surface area contributed by atoms with Gasteiger partial charge in [0.1, 0.15) is 11.3 Å². The molecule has 20 heavy (non-hydrogen) atoms. The number of fused-ring (bicyclic) bond motifs is 1. The summed E-state index contributed by atoms with van der Waals surface area (Å²) < 4.78 is 11.4. The van der Waals surface area contributed by atoms with Crippen molar-refractivity contribution in [1.82, 2.24) is 9.97 Å². The first-order valence-electron chi connectivity index (χ1n) is 6.55. The SMILES string of the molecule is Cc1ccc2nc(COc3c(C)cccc3C)oc2n1. The van der Waals surface area contributed by atoms with Crippen molar-refractivity contribution in [1.29, 1.82) is 0 Å². The molecule has 3 rings (SSSR count). The number of hydrogen-bond acceptors (Lipinski definition) is 4. The molecule has 102 valence electrons. The number of aromatic nitrogens is 2. The zero-order chi connectivity index (χ0) is 14.1. The van der Waals surface area contributed by atoms with Crippen molar-refractivity contribution in [3.05, 3.63) is 53.0 Å². The van der Waals surface area contributed by atoms with Gasteiger partial charge in [0.25, 0.3) is 0 Å². The summed E-state index contributed by atoms with van der Waals surface area (Å²) in [5.41, 5.74) is 4.45. The Labute approximate surface area is 117 Å². The van der Waals surface area contributed by atoms with Crippen LogP contribution in [0.3, 0.4) is 0 Å². The van der Waals surface area contributed by atoms with Crippen LogP contribution >= 0.6 is 0 Å². The predicted octanol–water partition coefficient (Wildman–Crippen LogP) is 3.73. The van der Waals surface area contributed by atoms with Gasteiger partial charge < -0.3 is 9.15 Å². The highest BCUT2D eigenvalue weighted by atomic mass is 16.5. The van der Waals surface area contributed by atoms with Crippen LogP contribution in [0.2, 0.25) is 0 Å². The third-order valence-corrected chi connectivity index (χ3v) is 3.19. The number of ether oxygens (including phenoxy) is 1. The molecule has 0 fully saturated rings. The van der Waals surface area contributed by atoms with Crippen LogP contribution in [0.4, 0.5) is 0 Å². The van der Waals surface area contributed by atoms with Gasteiger partial charge in [-0.3, -0.25) is 0 Å². The molecule has 3 aromatic rings. The molecule has 0 unspecified atom stereocenters. The van der Waals surface area contributed by atoms with Gasteiger partial charge in [0.15, 0.2) is 6.61 Å². The van der Waals surface area contributed by atoms with E-state index in [9.17, 15) is 0 Å². The Balaban J connectivity index is 1.83. The summed E-state index contributed by atoms with van der Waals surface area (Å²) in [6.45, 7) is 6.29. The highest BCUT2D eigenvalue weighted by Crippen LogP contribution is 2.24. The normalized spacial score (nSPS) is 10.9. The summed E-state index contributed by atoms with van der Waals surface area (Å²) in [6, 6.07) is 9.90. The molecule has 2 aromatic heterocycles. The van der Waals surface area contributed by atoms with Crippen LogP contribution in [0.15, 0.2) is 34.7 Å². The van der Waals surface area contributed by atoms with E-state index in [1.165, 1.54) is 0 Å². The minimum absolute atomic E-state index is 0.307. The van der Waals surface area contributed by atoms with Crippen LogP contribution in [-0.2, 0) is 6.61 Å². The number of pyridine rings is 1. The summed E-state index contributed by atoms with van der Waals surface area (Å²) in [6.07, 6.45) is 0. The molecule has 1 aromatic carbocycles. The van der Waals surface area contributed by atoms with Crippen molar-refractivity contribution in [3.8, 4) is 5.75 Å². The van der Waals surface area contributed by atoms with Crippen molar-refractivity contribution in [2.24, 2.45) is 0 Å². The number of rotatable bonds is 3. The monoisotopic (exact) mass is 268 g/mol. The maximum Gasteiger partial charge on any atom is 0.247 e. The van der Waals surface area contributed by atoms with Crippen molar-refractivity contribution in [2.45, 2.75) is 27.4 Å². The molecule has 0 spiro atoms. The van der Waals surface area contributed by atoms with Crippen molar-refractivity contribution in [2.75, 3.05) is 0 Å². The molecule has 0 N–H and O–H groups in total. The Morgan fingerprint density at radius 2 is 1.75 bits per heavy atom. The Hall–Kier alpha value is -2.36. The summed E-state index contributed by atoms with van der Waals surface area (Å²) in [4.78, 5) is 8.68. The third kappa shape index (κ3) is 2.37. The van der Waals surface area contributed by atoms with Crippen LogP contribution < -0.4 is 4.74 Å². The molecule has 0 bridgehead atoms. The smallest absolute Gasteiger partial charge is 0.247 e. The van der Waals surface area contributed by atoms with Gasteiger partial charge in [-0.25, -0.2) is 9.97 Å². The van der Waals surface area contributed by atoms with E-state index < -0.39 is 0 Å². The number of hydrogen-bond donors (Lipinski definition) is 0. The molecule has 4 nitrogen and oxygen atoms in total. The number of para-hydroxylation sites is 1. The Morgan fingerprint density at radius 3 is 2.50 bits per heavy atom. The first-order chi connectivity index (χ1) is 9.63. The second-order valence-electron chi connectivity index (χ2n) is 4.89. The zero-order valence-electron chi connectivity index (χ0n) is 11.8. The molecule has 0 aliphatic carbocycles. The lowest BCUT2D eigenvalue weighted by molar-refractivity contribution is 0.263. The van der Waals surface area contributed by atoms with E-state index in [2.05, 4.69) is 9.97 Å². The fourth-order valence-corrected chi connectivity index (χ4v) is 2.18. The standard InChI is InChI=1S/C16H16N2O2/c1-10-5-4-6-11(2)15(10)19-9-14-18-13-8-7-12(3)17-16(13)20-14/h4-8H,9H2,1-3H3. The second kappa shape index (κ2) is 4.96. The van der Waals surface area contributed by atoms with Gasteiger partial charge in [0.05, 0.1) is 0 Å². The van der Waals surface area contributed by atoms with E-state index >= 15 is 0 Å². The third-order valence-electron chi connectivity index (χ3n) is 3.19. The van der Waals surface area contributed by atoms with Gasteiger partial charge in [-0.15, -0.1) is 0 Å². The largest absolute Gasteiger partial charge is 0.483 e. The molecular weight excluding hydrogens is 252 g/mol. The van der Waals surface area contributed by atoms with Crippen molar-refractivity contribution < 1.29 is 9.15 Å². The van der Waals surface area contributed by atoms with Crippen LogP contribution in [0.5, 0.6) is 5.75 Å². The Kier molecular flexibility index (Phi) is 3.14. The van der Waals surface area contributed by atoms with E-state index in [-0.39, 0.29) is 0 Å². The lowest BCUT2D eigenvalue weighted by atomic mass is 10.1. The molecule has 0 aliphatic heterocycles. The molecule has 0 saturated heterocycles. The number of benzene rings is 1. The van der Waals surface area contributed by atoms with Crippen LogP contribution in [-0.4, -0.2) is 9.97 Å². The molecule has 0 atom stereocenters. The second-order valence-corrected chi connectivity index (χ2v) is 4.89. The van der Waals surface area contributed by atoms with E-state index in [1.54, 1.807) is 0 Å². The molecular formula is C16H16N2O2. The van der Waals surface area contributed by atoms with Crippen LogP contribution in [0.1, 0.15) is 22.7 Å². The molecule has 0 aliphatic rings. The fourth-order valence-electron chi connectivity index (χ4n) is 2.18. The first-order valence-corrected chi connectivity index (χ1v) is 6.55. The Morgan fingerprint density at radius 1 is 1.00 bits per heavy atom. The summed E-state index contributed by atoms with van der Waals surface area (Å²) >= 11 is 0. The summed E-state index contributed by atoms with van der Waals surface area (Å²) in [5, 5.41) is 0. The minimum Gasteiger partial charge on any atom is -0.483 e. The average molecular weight is 268 g/mol. The number of nitrogens with zero attached hydrogens (tertiary/aromatic N) is 2. The van der Waals surface area contributed by atoms with Gasteiger partial charge in [-0.1, -0.05) is 18.2 Å².